The summed E-state index contributed by atoms with van der Waals surface area (Å²) < 4.78 is 31.0. The van der Waals surface area contributed by atoms with E-state index in [1.807, 2.05) is 0 Å². The topological polar surface area (TPSA) is 26.3 Å². The maximum Gasteiger partial charge on any atom is 0.338 e. The molecule has 0 amide bonds. The van der Waals surface area contributed by atoms with Crippen LogP contribution in [0.3, 0.4) is 0 Å². The molecule has 0 saturated heterocycles. The summed E-state index contributed by atoms with van der Waals surface area (Å²) in [7, 11) is 0. The number of hydrogen-bond donors (Lipinski definition) is 0. The van der Waals surface area contributed by atoms with E-state index in [-0.39, 0.29) is 5.56 Å². The van der Waals surface area contributed by atoms with Crippen LogP contribution >= 0.6 is 0 Å². The minimum Gasteiger partial charge on any atom is -0.462 e. The second kappa shape index (κ2) is 4.76. The number of ether oxygens (including phenoxy) is 1. The largest absolute Gasteiger partial charge is 0.462 e. The Balaban J connectivity index is 1.59. The van der Waals surface area contributed by atoms with Crippen molar-refractivity contribution in [1.29, 1.82) is 0 Å². The van der Waals surface area contributed by atoms with Gasteiger partial charge in [0, 0.05) is 0 Å². The maximum absolute atomic E-state index is 13.0. The molecule has 1 saturated carbocycles. The van der Waals surface area contributed by atoms with Crippen LogP contribution in [0.2, 0.25) is 0 Å². The fourth-order valence-corrected chi connectivity index (χ4v) is 2.98. The zero-order chi connectivity index (χ0) is 13.4. The van der Waals surface area contributed by atoms with Crippen LogP contribution in [0.5, 0.6) is 0 Å². The van der Waals surface area contributed by atoms with Crippen LogP contribution < -0.4 is 0 Å². The van der Waals surface area contributed by atoms with Crippen molar-refractivity contribution in [3.63, 3.8) is 0 Å². The lowest BCUT2D eigenvalue weighted by molar-refractivity contribution is 0.0420. The van der Waals surface area contributed by atoms with Crippen molar-refractivity contribution >= 4 is 5.97 Å². The highest BCUT2D eigenvalue weighted by molar-refractivity contribution is 5.89. The summed E-state index contributed by atoms with van der Waals surface area (Å²) in [5.41, 5.74) is 0.0533. The highest BCUT2D eigenvalue weighted by Crippen LogP contribution is 2.43. The number of esters is 1. The van der Waals surface area contributed by atoms with Gasteiger partial charge in [0.05, 0.1) is 12.2 Å². The number of allylic oxidation sites excluding steroid dienone is 2. The first kappa shape index (κ1) is 12.3. The molecule has 0 spiro atoms. The monoisotopic (exact) mass is 264 g/mol. The third-order valence-corrected chi connectivity index (χ3v) is 4.00. The maximum atomic E-state index is 13.0. The van der Waals surface area contributed by atoms with Gasteiger partial charge in [-0.25, -0.2) is 13.6 Å². The SMILES string of the molecule is O=C(OCC1CC2C=CC1C2)c1ccc(F)c(F)c1. The van der Waals surface area contributed by atoms with Gasteiger partial charge in [-0.15, -0.1) is 0 Å². The molecule has 0 N–H and O–H groups in total. The normalized spacial score (nSPS) is 27.8. The van der Waals surface area contributed by atoms with Gasteiger partial charge in [-0.2, -0.15) is 0 Å². The van der Waals surface area contributed by atoms with E-state index in [1.165, 1.54) is 6.07 Å². The standard InChI is InChI=1S/C15H14F2O2/c16-13-4-3-11(7-14(13)17)15(18)19-8-12-6-9-1-2-10(12)5-9/h1-4,7,9-10,12H,5-6,8H2. The molecular formula is C15H14F2O2. The second-order valence-electron chi connectivity index (χ2n) is 5.27. The van der Waals surface area contributed by atoms with E-state index >= 15 is 0 Å². The summed E-state index contributed by atoms with van der Waals surface area (Å²) >= 11 is 0. The second-order valence-corrected chi connectivity index (χ2v) is 5.27. The Kier molecular flexibility index (Phi) is 3.09. The highest BCUT2D eigenvalue weighted by atomic mass is 19.2. The van der Waals surface area contributed by atoms with Gasteiger partial charge >= 0.3 is 5.97 Å². The Morgan fingerprint density at radius 2 is 2.05 bits per heavy atom. The number of fused-ring (bicyclic) bond motifs is 2. The van der Waals surface area contributed by atoms with E-state index in [9.17, 15) is 13.6 Å². The van der Waals surface area contributed by atoms with Crippen LogP contribution in [-0.4, -0.2) is 12.6 Å². The van der Waals surface area contributed by atoms with Gasteiger partial charge in [-0.05, 0) is 48.8 Å². The van der Waals surface area contributed by atoms with E-state index < -0.39 is 17.6 Å². The molecule has 0 aliphatic heterocycles. The molecule has 0 aromatic heterocycles. The summed E-state index contributed by atoms with van der Waals surface area (Å²) in [6.07, 6.45) is 6.60. The Labute approximate surface area is 110 Å². The van der Waals surface area contributed by atoms with Crippen LogP contribution in [0.4, 0.5) is 8.78 Å². The fraction of sp³-hybridized carbons (Fsp3) is 0.400. The number of carbonyl (C=O) groups is 1. The molecule has 3 atom stereocenters. The molecule has 3 unspecified atom stereocenters. The predicted molar refractivity (Wildman–Crippen MR) is 65.5 cm³/mol. The summed E-state index contributed by atoms with van der Waals surface area (Å²) in [6, 6.07) is 3.05. The number of hydrogen-bond acceptors (Lipinski definition) is 2. The molecule has 2 aliphatic carbocycles. The van der Waals surface area contributed by atoms with Gasteiger partial charge in [-0.3, -0.25) is 0 Å². The van der Waals surface area contributed by atoms with Crippen LogP contribution in [0.25, 0.3) is 0 Å². The van der Waals surface area contributed by atoms with E-state index in [0.29, 0.717) is 24.4 Å². The summed E-state index contributed by atoms with van der Waals surface area (Å²) in [4.78, 5) is 11.7. The first-order valence-corrected chi connectivity index (χ1v) is 6.44. The molecule has 1 aromatic rings. The summed E-state index contributed by atoms with van der Waals surface area (Å²) in [5.74, 6) is -1.10. The van der Waals surface area contributed by atoms with Crippen molar-refractivity contribution in [2.24, 2.45) is 17.8 Å². The quantitative estimate of drug-likeness (QED) is 0.618. The van der Waals surface area contributed by atoms with Gasteiger partial charge in [0.15, 0.2) is 11.6 Å². The van der Waals surface area contributed by atoms with E-state index in [2.05, 4.69) is 12.2 Å². The smallest absolute Gasteiger partial charge is 0.338 e. The fourth-order valence-electron chi connectivity index (χ4n) is 2.98. The molecule has 2 bridgehead atoms. The van der Waals surface area contributed by atoms with E-state index in [1.54, 1.807) is 0 Å². The summed E-state index contributed by atoms with van der Waals surface area (Å²) in [5, 5.41) is 0. The molecule has 4 heteroatoms. The molecule has 19 heavy (non-hydrogen) atoms. The van der Waals surface area contributed by atoms with Crippen molar-refractivity contribution < 1.29 is 18.3 Å². The van der Waals surface area contributed by atoms with Crippen molar-refractivity contribution in [2.75, 3.05) is 6.61 Å². The number of benzene rings is 1. The lowest BCUT2D eigenvalue weighted by Crippen LogP contribution is -2.18. The van der Waals surface area contributed by atoms with Crippen LogP contribution in [0.15, 0.2) is 30.4 Å². The lowest BCUT2D eigenvalue weighted by Gasteiger charge is -2.17. The lowest BCUT2D eigenvalue weighted by atomic mass is 9.95. The Morgan fingerprint density at radius 1 is 1.21 bits per heavy atom. The molecule has 2 aliphatic rings. The number of rotatable bonds is 3. The Hall–Kier alpha value is -1.71. The average Bonchev–Trinajstić information content (AvgIpc) is 3.01. The number of carbonyl (C=O) groups excluding carboxylic acids is 1. The molecule has 1 fully saturated rings. The highest BCUT2D eigenvalue weighted by Gasteiger charge is 2.36. The molecule has 3 rings (SSSR count). The van der Waals surface area contributed by atoms with Crippen molar-refractivity contribution in [2.45, 2.75) is 12.8 Å². The molecule has 100 valence electrons. The van der Waals surface area contributed by atoms with Crippen LogP contribution in [0.1, 0.15) is 23.2 Å². The van der Waals surface area contributed by atoms with Gasteiger partial charge in [-0.1, -0.05) is 12.2 Å². The van der Waals surface area contributed by atoms with Gasteiger partial charge in [0.2, 0.25) is 0 Å². The van der Waals surface area contributed by atoms with Crippen molar-refractivity contribution in [3.8, 4) is 0 Å². The van der Waals surface area contributed by atoms with Gasteiger partial charge in [0.25, 0.3) is 0 Å². The molecule has 1 aromatic carbocycles. The zero-order valence-electron chi connectivity index (χ0n) is 10.3. The Bertz CT molecular complexity index is 539. The zero-order valence-corrected chi connectivity index (χ0v) is 10.3. The van der Waals surface area contributed by atoms with Gasteiger partial charge in [0.1, 0.15) is 0 Å². The number of halogens is 2. The van der Waals surface area contributed by atoms with Crippen molar-refractivity contribution in [3.05, 3.63) is 47.5 Å². The van der Waals surface area contributed by atoms with E-state index in [0.717, 1.165) is 25.0 Å². The predicted octanol–water partition coefficient (Wildman–Crippen LogP) is 3.33. The van der Waals surface area contributed by atoms with Gasteiger partial charge < -0.3 is 4.74 Å². The minimum absolute atomic E-state index is 0.0533. The van der Waals surface area contributed by atoms with Crippen LogP contribution in [0, 0.1) is 29.4 Å². The third kappa shape index (κ3) is 2.39. The molecule has 0 heterocycles. The molecule has 0 radical (unpaired) electrons. The molecular weight excluding hydrogens is 250 g/mol. The summed E-state index contributed by atoms with van der Waals surface area (Å²) in [6.45, 7) is 0.351. The molecule has 2 nitrogen and oxygen atoms in total. The first-order chi connectivity index (χ1) is 9.13. The van der Waals surface area contributed by atoms with E-state index in [4.69, 9.17) is 4.74 Å². The third-order valence-electron chi connectivity index (χ3n) is 4.00. The first-order valence-electron chi connectivity index (χ1n) is 6.44. The average molecular weight is 264 g/mol. The van der Waals surface area contributed by atoms with Crippen molar-refractivity contribution in [1.82, 2.24) is 0 Å². The van der Waals surface area contributed by atoms with Crippen LogP contribution in [-0.2, 0) is 4.74 Å². The Morgan fingerprint density at radius 3 is 2.68 bits per heavy atom. The minimum atomic E-state index is -1.03.